The summed E-state index contributed by atoms with van der Waals surface area (Å²) in [5, 5.41) is 25.7. The van der Waals surface area contributed by atoms with Gasteiger partial charge in [-0.05, 0) is 20.8 Å². The van der Waals surface area contributed by atoms with Gasteiger partial charge in [0.1, 0.15) is 29.3 Å². The molecule has 0 spiro atoms. The fourth-order valence-corrected chi connectivity index (χ4v) is 1.49. The van der Waals surface area contributed by atoms with Crippen LogP contribution in [0.1, 0.15) is 42.8 Å². The Morgan fingerprint density at radius 3 is 1.86 bits per heavy atom. The van der Waals surface area contributed by atoms with E-state index in [1.807, 2.05) is 0 Å². The summed E-state index contributed by atoms with van der Waals surface area (Å²) in [7, 11) is 2.70. The molecule has 1 aromatic heterocycles. The number of ether oxygens (including phenoxy) is 1. The van der Waals surface area contributed by atoms with Gasteiger partial charge in [-0.15, -0.1) is 0 Å². The average molecular weight is 413 g/mol. The van der Waals surface area contributed by atoms with Crippen LogP contribution >= 0.6 is 0 Å². The molecule has 11 heteroatoms. The molecule has 0 aromatic carbocycles. The zero-order valence-electron chi connectivity index (χ0n) is 16.8. The standard InChI is InChI=1S/C8H8O4.C7H10O4.2CH3O.Mg/c1-4-3-6(10)7(5(2)9)8(11)12-4;1-5(8)3-6(9)4-7(10)11-2;2*1-2;/h3,10H,1-2H3;3-4H2,1-2H3;2*1H3;/q;;2*-1;+2. The van der Waals surface area contributed by atoms with Crippen LogP contribution in [0, 0.1) is 6.92 Å². The molecule has 0 aliphatic carbocycles. The van der Waals surface area contributed by atoms with E-state index in [1.54, 1.807) is 0 Å². The summed E-state index contributed by atoms with van der Waals surface area (Å²) in [5.41, 5.74) is -1.08. The van der Waals surface area contributed by atoms with E-state index in [4.69, 9.17) is 15.3 Å². The van der Waals surface area contributed by atoms with Crippen LogP contribution in [0.5, 0.6) is 5.75 Å². The summed E-state index contributed by atoms with van der Waals surface area (Å²) >= 11 is 0. The minimum atomic E-state index is -0.792. The van der Waals surface area contributed by atoms with E-state index in [1.165, 1.54) is 33.9 Å². The van der Waals surface area contributed by atoms with Gasteiger partial charge in [-0.25, -0.2) is 4.79 Å². The molecule has 1 heterocycles. The van der Waals surface area contributed by atoms with Crippen LogP contribution in [0.3, 0.4) is 0 Å². The maximum atomic E-state index is 11.0. The van der Waals surface area contributed by atoms with Crippen molar-refractivity contribution in [2.24, 2.45) is 0 Å². The van der Waals surface area contributed by atoms with E-state index in [-0.39, 0.29) is 58.8 Å². The fourth-order valence-electron chi connectivity index (χ4n) is 1.49. The first kappa shape index (κ1) is 33.5. The predicted octanol–water partition coefficient (Wildman–Crippen LogP) is -1.47. The number of aryl methyl sites for hydroxylation is 1. The molecule has 0 radical (unpaired) electrons. The van der Waals surface area contributed by atoms with Crippen LogP contribution < -0.4 is 15.8 Å². The van der Waals surface area contributed by atoms with Crippen LogP contribution in [0.2, 0.25) is 0 Å². The molecule has 0 bridgehead atoms. The normalized spacial score (nSPS) is 8.14. The van der Waals surface area contributed by atoms with Crippen LogP contribution in [-0.2, 0) is 19.1 Å². The Labute approximate surface area is 178 Å². The number of hydrogen-bond acceptors (Lipinski definition) is 10. The second-order valence-electron chi connectivity index (χ2n) is 4.63. The summed E-state index contributed by atoms with van der Waals surface area (Å²) in [4.78, 5) is 53.2. The van der Waals surface area contributed by atoms with Gasteiger partial charge in [0.2, 0.25) is 0 Å². The number of ketones is 3. The van der Waals surface area contributed by atoms with Crippen molar-refractivity contribution in [3.8, 4) is 5.75 Å². The maximum absolute atomic E-state index is 11.0. The Bertz CT molecular complexity index is 679. The minimum absolute atomic E-state index is 0. The number of esters is 1. The molecular weight excluding hydrogens is 388 g/mol. The Kier molecular flexibility index (Phi) is 23.5. The largest absolute Gasteiger partial charge is 2.00 e. The van der Waals surface area contributed by atoms with E-state index in [2.05, 4.69) is 9.15 Å². The zero-order valence-corrected chi connectivity index (χ0v) is 18.2. The molecule has 154 valence electrons. The van der Waals surface area contributed by atoms with Gasteiger partial charge in [-0.2, -0.15) is 14.2 Å². The molecule has 10 nitrogen and oxygen atoms in total. The SMILES string of the molecule is CC(=O)c1c(O)cc(C)oc1=O.COC(=O)CC(=O)CC(C)=O.C[O-].C[O-].[Mg+2]. The smallest absolute Gasteiger partial charge is 0.857 e. The van der Waals surface area contributed by atoms with Gasteiger partial charge in [0.05, 0.1) is 13.5 Å². The molecule has 0 unspecified atom stereocenters. The van der Waals surface area contributed by atoms with Gasteiger partial charge in [-0.3, -0.25) is 19.2 Å². The second-order valence-corrected chi connectivity index (χ2v) is 4.63. The molecule has 1 rings (SSSR count). The van der Waals surface area contributed by atoms with Gasteiger partial charge in [0.25, 0.3) is 0 Å². The van der Waals surface area contributed by atoms with E-state index < -0.39 is 23.2 Å². The van der Waals surface area contributed by atoms with Crippen molar-refractivity contribution in [2.45, 2.75) is 33.6 Å². The summed E-state index contributed by atoms with van der Waals surface area (Å²) in [5.74, 6) is -1.78. The Hall–Kier alpha value is -2.08. The van der Waals surface area contributed by atoms with Crippen molar-refractivity contribution in [2.75, 3.05) is 21.3 Å². The maximum Gasteiger partial charge on any atom is 2.00 e. The fraction of sp³-hybridized carbons (Fsp3) is 0.471. The second kappa shape index (κ2) is 19.7. The molecule has 0 saturated carbocycles. The first-order chi connectivity index (χ1) is 12.6. The van der Waals surface area contributed by atoms with Crippen molar-refractivity contribution in [3.05, 3.63) is 27.8 Å². The van der Waals surface area contributed by atoms with Crippen molar-refractivity contribution in [3.63, 3.8) is 0 Å². The van der Waals surface area contributed by atoms with Crippen LogP contribution in [0.15, 0.2) is 15.3 Å². The number of methoxy groups -OCH3 is 1. The Morgan fingerprint density at radius 2 is 1.54 bits per heavy atom. The Morgan fingerprint density at radius 1 is 1.07 bits per heavy atom. The number of Topliss-reactive ketones (excluding diaryl/α,β-unsaturated/α-hetero) is 3. The Balaban J connectivity index is -0.000000170. The molecule has 28 heavy (non-hydrogen) atoms. The molecule has 0 amide bonds. The summed E-state index contributed by atoms with van der Waals surface area (Å²) in [6.45, 7) is 4.02. The van der Waals surface area contributed by atoms with Crippen molar-refractivity contribution in [1.29, 1.82) is 0 Å². The summed E-state index contributed by atoms with van der Waals surface area (Å²) < 4.78 is 8.85. The molecule has 0 aliphatic rings. The van der Waals surface area contributed by atoms with Crippen molar-refractivity contribution >= 4 is 46.4 Å². The van der Waals surface area contributed by atoms with Crippen LogP contribution in [0.25, 0.3) is 0 Å². The third-order valence-corrected chi connectivity index (χ3v) is 2.42. The quantitative estimate of drug-likeness (QED) is 0.260. The molecule has 1 N–H and O–H groups in total. The van der Waals surface area contributed by atoms with Gasteiger partial charge < -0.3 is 24.5 Å². The van der Waals surface area contributed by atoms with Gasteiger partial charge in [0.15, 0.2) is 11.6 Å². The summed E-state index contributed by atoms with van der Waals surface area (Å²) in [6.07, 6.45) is -0.495. The zero-order chi connectivity index (χ0) is 22.2. The molecular formula is C17H24MgO10. The minimum Gasteiger partial charge on any atom is -0.857 e. The third kappa shape index (κ3) is 16.1. The van der Waals surface area contributed by atoms with E-state index in [9.17, 15) is 24.0 Å². The van der Waals surface area contributed by atoms with Crippen LogP contribution in [0.4, 0.5) is 0 Å². The van der Waals surface area contributed by atoms with E-state index in [0.29, 0.717) is 0 Å². The molecule has 1 aromatic rings. The first-order valence-corrected chi connectivity index (χ1v) is 7.32. The predicted molar refractivity (Wildman–Crippen MR) is 95.9 cm³/mol. The van der Waals surface area contributed by atoms with E-state index >= 15 is 0 Å². The monoisotopic (exact) mass is 412 g/mol. The average Bonchev–Trinajstić information content (AvgIpc) is 2.56. The molecule has 0 saturated heterocycles. The third-order valence-electron chi connectivity index (χ3n) is 2.42. The summed E-state index contributed by atoms with van der Waals surface area (Å²) in [6, 6.07) is 1.23. The van der Waals surface area contributed by atoms with Crippen LogP contribution in [-0.4, -0.2) is 72.8 Å². The van der Waals surface area contributed by atoms with E-state index in [0.717, 1.165) is 14.2 Å². The molecule has 0 aliphatic heterocycles. The first-order valence-electron chi connectivity index (χ1n) is 7.32. The number of aromatic hydroxyl groups is 1. The number of hydrogen-bond donors (Lipinski definition) is 1. The molecule has 0 atom stereocenters. The van der Waals surface area contributed by atoms with Crippen molar-refractivity contribution in [1.82, 2.24) is 0 Å². The topological polar surface area (TPSA) is 174 Å². The van der Waals surface area contributed by atoms with Crippen molar-refractivity contribution < 1.29 is 43.7 Å². The number of rotatable bonds is 5. The van der Waals surface area contributed by atoms with Gasteiger partial charge in [0, 0.05) is 6.07 Å². The van der Waals surface area contributed by atoms with Gasteiger partial charge in [-0.1, -0.05) is 0 Å². The molecule has 0 fully saturated rings. The number of carbonyl (C=O) groups is 4. The number of carbonyl (C=O) groups excluding carboxylic acids is 4. The van der Waals surface area contributed by atoms with Gasteiger partial charge >= 0.3 is 34.6 Å².